The summed E-state index contributed by atoms with van der Waals surface area (Å²) < 4.78 is 0. The molecule has 1 atom stereocenters. The first-order valence-corrected chi connectivity index (χ1v) is 10.6. The summed E-state index contributed by atoms with van der Waals surface area (Å²) in [5.41, 5.74) is 2.05. The van der Waals surface area contributed by atoms with Crippen molar-refractivity contribution in [3.05, 3.63) is 41.6 Å². The molecule has 0 aliphatic carbocycles. The molecule has 3 amide bonds. The lowest BCUT2D eigenvalue weighted by Crippen LogP contribution is -2.44. The van der Waals surface area contributed by atoms with E-state index >= 15 is 0 Å². The maximum Gasteiger partial charge on any atom is 0.225 e. The SMILES string of the molecule is CCCCNC(=O)C1CCN(C(=O)CC2c3ccccc3C=CN2C(C)=O)CC1. The first-order valence-electron chi connectivity index (χ1n) is 10.6. The summed E-state index contributed by atoms with van der Waals surface area (Å²) in [5.74, 6) is 0.0646. The third-order valence-corrected chi connectivity index (χ3v) is 5.89. The fourth-order valence-corrected chi connectivity index (χ4v) is 4.13. The lowest BCUT2D eigenvalue weighted by Gasteiger charge is -2.36. The van der Waals surface area contributed by atoms with Crippen molar-refractivity contribution < 1.29 is 14.4 Å². The second-order valence-electron chi connectivity index (χ2n) is 7.89. The van der Waals surface area contributed by atoms with E-state index in [-0.39, 0.29) is 36.1 Å². The quantitative estimate of drug-likeness (QED) is 0.750. The molecule has 3 rings (SSSR count). The number of hydrogen-bond donors (Lipinski definition) is 1. The van der Waals surface area contributed by atoms with E-state index in [4.69, 9.17) is 0 Å². The van der Waals surface area contributed by atoms with E-state index < -0.39 is 0 Å². The molecule has 2 aliphatic rings. The molecule has 0 saturated carbocycles. The number of piperidine rings is 1. The van der Waals surface area contributed by atoms with Gasteiger partial charge in [-0.15, -0.1) is 0 Å². The summed E-state index contributed by atoms with van der Waals surface area (Å²) in [5, 5.41) is 3.00. The molecule has 29 heavy (non-hydrogen) atoms. The number of carbonyl (C=O) groups is 3. The van der Waals surface area contributed by atoms with E-state index in [1.165, 1.54) is 6.92 Å². The van der Waals surface area contributed by atoms with Crippen LogP contribution in [0.5, 0.6) is 0 Å². The van der Waals surface area contributed by atoms with Gasteiger partial charge in [-0.3, -0.25) is 14.4 Å². The summed E-state index contributed by atoms with van der Waals surface area (Å²) in [6, 6.07) is 7.61. The molecule has 1 saturated heterocycles. The minimum absolute atomic E-state index is 0.0111. The van der Waals surface area contributed by atoms with E-state index in [0.717, 1.165) is 30.5 Å². The second-order valence-corrected chi connectivity index (χ2v) is 7.89. The molecule has 6 heteroatoms. The third kappa shape index (κ3) is 5.05. The summed E-state index contributed by atoms with van der Waals surface area (Å²) in [6.07, 6.45) is 7.39. The van der Waals surface area contributed by atoms with Crippen LogP contribution in [-0.2, 0) is 14.4 Å². The van der Waals surface area contributed by atoms with Gasteiger partial charge in [0.25, 0.3) is 0 Å². The highest BCUT2D eigenvalue weighted by molar-refractivity contribution is 5.82. The first kappa shape index (κ1) is 21.1. The molecule has 156 valence electrons. The highest BCUT2D eigenvalue weighted by Gasteiger charge is 2.32. The fourth-order valence-electron chi connectivity index (χ4n) is 4.13. The molecule has 0 aromatic heterocycles. The van der Waals surface area contributed by atoms with E-state index in [0.29, 0.717) is 25.9 Å². The van der Waals surface area contributed by atoms with E-state index in [2.05, 4.69) is 12.2 Å². The van der Waals surface area contributed by atoms with Crippen molar-refractivity contribution >= 4 is 23.8 Å². The Labute approximate surface area is 172 Å². The smallest absolute Gasteiger partial charge is 0.225 e. The number of rotatable bonds is 6. The number of hydrogen-bond acceptors (Lipinski definition) is 3. The first-order chi connectivity index (χ1) is 14.0. The summed E-state index contributed by atoms with van der Waals surface area (Å²) in [6.45, 7) is 5.54. The number of unbranched alkanes of at least 4 members (excludes halogenated alkanes) is 1. The van der Waals surface area contributed by atoms with Gasteiger partial charge in [0.15, 0.2) is 0 Å². The second kappa shape index (κ2) is 9.72. The van der Waals surface area contributed by atoms with Crippen LogP contribution in [0.3, 0.4) is 0 Å². The number of carbonyl (C=O) groups excluding carboxylic acids is 3. The van der Waals surface area contributed by atoms with Gasteiger partial charge in [0.05, 0.1) is 12.5 Å². The summed E-state index contributed by atoms with van der Waals surface area (Å²) in [7, 11) is 0. The van der Waals surface area contributed by atoms with Gasteiger partial charge >= 0.3 is 0 Å². The van der Waals surface area contributed by atoms with Crippen molar-refractivity contribution in [2.45, 2.75) is 52.0 Å². The predicted molar refractivity (Wildman–Crippen MR) is 113 cm³/mol. The molecule has 1 aromatic carbocycles. The lowest BCUT2D eigenvalue weighted by molar-refractivity contribution is -0.138. The van der Waals surface area contributed by atoms with Gasteiger partial charge < -0.3 is 15.1 Å². The molecule has 0 spiro atoms. The van der Waals surface area contributed by atoms with Crippen molar-refractivity contribution in [2.24, 2.45) is 5.92 Å². The van der Waals surface area contributed by atoms with Gasteiger partial charge in [-0.05, 0) is 36.5 Å². The number of benzene rings is 1. The number of fused-ring (bicyclic) bond motifs is 1. The van der Waals surface area contributed by atoms with E-state index in [1.807, 2.05) is 35.2 Å². The highest BCUT2D eigenvalue weighted by atomic mass is 16.2. The van der Waals surface area contributed by atoms with Gasteiger partial charge in [-0.2, -0.15) is 0 Å². The largest absolute Gasteiger partial charge is 0.356 e. The predicted octanol–water partition coefficient (Wildman–Crippen LogP) is 3.11. The van der Waals surface area contributed by atoms with Gasteiger partial charge in [0.2, 0.25) is 17.7 Å². The lowest BCUT2D eigenvalue weighted by atomic mass is 9.92. The van der Waals surface area contributed by atoms with Crippen molar-refractivity contribution in [1.82, 2.24) is 15.1 Å². The number of likely N-dealkylation sites (tertiary alicyclic amines) is 1. The maximum absolute atomic E-state index is 13.0. The molecule has 1 fully saturated rings. The molecule has 1 unspecified atom stereocenters. The Morgan fingerprint density at radius 3 is 2.55 bits per heavy atom. The zero-order chi connectivity index (χ0) is 20.8. The van der Waals surface area contributed by atoms with Crippen LogP contribution in [0.1, 0.15) is 63.1 Å². The highest BCUT2D eigenvalue weighted by Crippen LogP contribution is 2.33. The van der Waals surface area contributed by atoms with Crippen LogP contribution in [0.25, 0.3) is 6.08 Å². The molecule has 6 nitrogen and oxygen atoms in total. The number of nitrogens with one attached hydrogen (secondary N) is 1. The monoisotopic (exact) mass is 397 g/mol. The maximum atomic E-state index is 13.0. The Kier molecular flexibility index (Phi) is 7.07. The van der Waals surface area contributed by atoms with Gasteiger partial charge in [-0.25, -0.2) is 0 Å². The average Bonchev–Trinajstić information content (AvgIpc) is 2.74. The van der Waals surface area contributed by atoms with Gasteiger partial charge in [0.1, 0.15) is 0 Å². The standard InChI is InChI=1S/C23H31N3O3/c1-3-4-12-24-23(29)19-9-13-25(14-10-19)22(28)16-21-20-8-6-5-7-18(20)11-15-26(21)17(2)27/h5-8,11,15,19,21H,3-4,9-10,12-14,16H2,1-2H3,(H,24,29). The molecule has 0 bridgehead atoms. The fraction of sp³-hybridized carbons (Fsp3) is 0.522. The molecule has 1 aromatic rings. The Balaban J connectivity index is 1.59. The Morgan fingerprint density at radius 2 is 1.86 bits per heavy atom. The summed E-state index contributed by atoms with van der Waals surface area (Å²) in [4.78, 5) is 40.8. The van der Waals surface area contributed by atoms with Crippen LogP contribution in [-0.4, -0.2) is 47.2 Å². The Morgan fingerprint density at radius 1 is 1.14 bits per heavy atom. The van der Waals surface area contributed by atoms with E-state index in [1.54, 1.807) is 11.1 Å². The van der Waals surface area contributed by atoms with Crippen LogP contribution in [0.4, 0.5) is 0 Å². The minimum atomic E-state index is -0.281. The van der Waals surface area contributed by atoms with Crippen LogP contribution in [0.2, 0.25) is 0 Å². The molecular weight excluding hydrogens is 366 g/mol. The van der Waals surface area contributed by atoms with Crippen molar-refractivity contribution in [2.75, 3.05) is 19.6 Å². The zero-order valence-corrected chi connectivity index (χ0v) is 17.4. The molecule has 0 radical (unpaired) electrons. The summed E-state index contributed by atoms with van der Waals surface area (Å²) >= 11 is 0. The minimum Gasteiger partial charge on any atom is -0.356 e. The third-order valence-electron chi connectivity index (χ3n) is 5.89. The Hall–Kier alpha value is -2.63. The number of amides is 3. The average molecular weight is 398 g/mol. The molecule has 1 N–H and O–H groups in total. The van der Waals surface area contributed by atoms with Crippen LogP contribution in [0.15, 0.2) is 30.5 Å². The topological polar surface area (TPSA) is 69.7 Å². The normalized spacial score (nSPS) is 19.0. The van der Waals surface area contributed by atoms with E-state index in [9.17, 15) is 14.4 Å². The van der Waals surface area contributed by atoms with Gasteiger partial charge in [0, 0.05) is 38.7 Å². The van der Waals surface area contributed by atoms with Crippen LogP contribution >= 0.6 is 0 Å². The van der Waals surface area contributed by atoms with Crippen molar-refractivity contribution in [3.63, 3.8) is 0 Å². The number of nitrogens with zero attached hydrogens (tertiary/aromatic N) is 2. The molecule has 2 aliphatic heterocycles. The van der Waals surface area contributed by atoms with Crippen molar-refractivity contribution in [3.8, 4) is 0 Å². The molecule has 2 heterocycles. The zero-order valence-electron chi connectivity index (χ0n) is 17.4. The molecular formula is C23H31N3O3. The van der Waals surface area contributed by atoms with Crippen molar-refractivity contribution in [1.29, 1.82) is 0 Å². The van der Waals surface area contributed by atoms with Crippen LogP contribution in [0, 0.1) is 5.92 Å². The van der Waals surface area contributed by atoms with Crippen LogP contribution < -0.4 is 5.32 Å². The Bertz CT molecular complexity index is 781. The van der Waals surface area contributed by atoms with Gasteiger partial charge in [-0.1, -0.05) is 37.6 Å².